The fourth-order valence-corrected chi connectivity index (χ4v) is 3.18. The normalized spacial score (nSPS) is 28.1. The first-order valence-corrected chi connectivity index (χ1v) is 6.63. The molecule has 0 N–H and O–H groups in total. The van der Waals surface area contributed by atoms with Crippen LogP contribution >= 0.6 is 11.6 Å². The zero-order valence-corrected chi connectivity index (χ0v) is 10.5. The molecule has 2 unspecified atom stereocenters. The van der Waals surface area contributed by atoms with Crippen molar-refractivity contribution in [3.63, 3.8) is 0 Å². The lowest BCUT2D eigenvalue weighted by Crippen LogP contribution is -2.22. The van der Waals surface area contributed by atoms with E-state index in [4.69, 9.17) is 11.6 Å². The molecule has 0 radical (unpaired) electrons. The maximum Gasteiger partial charge on any atom is 0.0411 e. The van der Waals surface area contributed by atoms with Crippen LogP contribution in [0.3, 0.4) is 0 Å². The van der Waals surface area contributed by atoms with Crippen LogP contribution in [0, 0.1) is 11.8 Å². The van der Waals surface area contributed by atoms with Crippen LogP contribution in [0.15, 0.2) is 18.2 Å². The number of fused-ring (bicyclic) bond motifs is 1. The monoisotopic (exact) mass is 235 g/mol. The Hall–Kier alpha value is -0.530. The molecule has 2 aliphatic rings. The highest BCUT2D eigenvalue weighted by molar-refractivity contribution is 6.30. The second-order valence-electron chi connectivity index (χ2n) is 5.27. The average molecular weight is 236 g/mol. The van der Waals surface area contributed by atoms with Crippen molar-refractivity contribution in [1.29, 1.82) is 0 Å². The van der Waals surface area contributed by atoms with Crippen LogP contribution in [0.4, 0.5) is 0 Å². The largest absolute Gasteiger partial charge is 0.299 e. The smallest absolute Gasteiger partial charge is 0.0411 e. The van der Waals surface area contributed by atoms with Gasteiger partial charge in [-0.2, -0.15) is 0 Å². The fourth-order valence-electron chi connectivity index (χ4n) is 2.90. The minimum absolute atomic E-state index is 0.888. The topological polar surface area (TPSA) is 3.24 Å². The van der Waals surface area contributed by atoms with Gasteiger partial charge in [-0.1, -0.05) is 24.6 Å². The molecule has 2 atom stereocenters. The van der Waals surface area contributed by atoms with Gasteiger partial charge in [0.1, 0.15) is 0 Å². The Morgan fingerprint density at radius 3 is 2.56 bits per heavy atom. The molecular weight excluding hydrogens is 218 g/mol. The number of halogens is 1. The van der Waals surface area contributed by atoms with E-state index < -0.39 is 0 Å². The molecule has 3 rings (SSSR count). The Morgan fingerprint density at radius 2 is 1.88 bits per heavy atom. The molecular formula is C14H18ClN. The minimum Gasteiger partial charge on any atom is -0.299 e. The number of hydrogen-bond acceptors (Lipinski definition) is 1. The lowest BCUT2D eigenvalue weighted by Gasteiger charge is -2.18. The van der Waals surface area contributed by atoms with Crippen molar-refractivity contribution in [3.05, 3.63) is 34.3 Å². The first-order valence-electron chi connectivity index (χ1n) is 6.25. The predicted molar refractivity (Wildman–Crippen MR) is 67.7 cm³/mol. The number of rotatable bonds is 3. The molecule has 0 bridgehead atoms. The molecule has 2 heteroatoms. The average Bonchev–Trinajstić information content (AvgIpc) is 2.85. The summed E-state index contributed by atoms with van der Waals surface area (Å²) in [6.45, 7) is 5.87. The molecule has 1 nitrogen and oxygen atoms in total. The van der Waals surface area contributed by atoms with E-state index in [2.05, 4.69) is 30.0 Å². The van der Waals surface area contributed by atoms with Gasteiger partial charge in [0, 0.05) is 24.7 Å². The Balaban J connectivity index is 1.71. The highest BCUT2D eigenvalue weighted by Crippen LogP contribution is 2.45. The lowest BCUT2D eigenvalue weighted by atomic mass is 10.1. The number of piperidine rings is 1. The third-order valence-electron chi connectivity index (χ3n) is 3.89. The molecule has 1 aromatic rings. The molecule has 1 aliphatic heterocycles. The van der Waals surface area contributed by atoms with Crippen LogP contribution in [-0.4, -0.2) is 18.0 Å². The van der Waals surface area contributed by atoms with Gasteiger partial charge in [-0.15, -0.1) is 0 Å². The predicted octanol–water partition coefficient (Wildman–Crippen LogP) is 3.35. The quantitative estimate of drug-likeness (QED) is 0.777. The van der Waals surface area contributed by atoms with Crippen molar-refractivity contribution in [1.82, 2.24) is 4.90 Å². The Kier molecular flexibility index (Phi) is 2.68. The summed E-state index contributed by atoms with van der Waals surface area (Å²) in [5.41, 5.74) is 2.73. The van der Waals surface area contributed by atoms with Crippen LogP contribution in [0.2, 0.25) is 5.02 Å². The zero-order chi connectivity index (χ0) is 11.1. The van der Waals surface area contributed by atoms with Gasteiger partial charge in [0.15, 0.2) is 0 Å². The highest BCUT2D eigenvalue weighted by Gasteiger charge is 2.44. The van der Waals surface area contributed by atoms with Gasteiger partial charge >= 0.3 is 0 Å². The molecule has 2 fully saturated rings. The molecule has 86 valence electrons. The van der Waals surface area contributed by atoms with Crippen molar-refractivity contribution in [3.8, 4) is 0 Å². The standard InChI is InChI=1S/C14H18ClN/c1-2-10-3-11(5-14(15)4-10)7-16-8-12-6-13(12)9-16/h3-5,12-13H,2,6-9H2,1H3. The van der Waals surface area contributed by atoms with Gasteiger partial charge in [0.25, 0.3) is 0 Å². The minimum atomic E-state index is 0.888. The van der Waals surface area contributed by atoms with Gasteiger partial charge in [0.05, 0.1) is 0 Å². The molecule has 0 amide bonds. The Bertz CT molecular complexity index is 392. The molecule has 1 aliphatic carbocycles. The fraction of sp³-hybridized carbons (Fsp3) is 0.571. The summed E-state index contributed by atoms with van der Waals surface area (Å²) < 4.78 is 0. The van der Waals surface area contributed by atoms with Gasteiger partial charge in [0.2, 0.25) is 0 Å². The SMILES string of the molecule is CCc1cc(Cl)cc(CN2CC3CC3C2)c1. The first kappa shape index (κ1) is 10.6. The van der Waals surface area contributed by atoms with E-state index in [-0.39, 0.29) is 0 Å². The summed E-state index contributed by atoms with van der Waals surface area (Å²) in [7, 11) is 0. The molecule has 1 aromatic carbocycles. The van der Waals surface area contributed by atoms with E-state index in [1.165, 1.54) is 30.6 Å². The third kappa shape index (κ3) is 2.11. The van der Waals surface area contributed by atoms with Crippen molar-refractivity contribution >= 4 is 11.6 Å². The summed E-state index contributed by atoms with van der Waals surface area (Å²) in [5, 5.41) is 0.888. The van der Waals surface area contributed by atoms with E-state index >= 15 is 0 Å². The molecule has 1 saturated carbocycles. The summed E-state index contributed by atoms with van der Waals surface area (Å²) in [4.78, 5) is 2.57. The highest BCUT2D eigenvalue weighted by atomic mass is 35.5. The van der Waals surface area contributed by atoms with Crippen molar-refractivity contribution in [2.45, 2.75) is 26.3 Å². The maximum absolute atomic E-state index is 6.13. The van der Waals surface area contributed by atoms with Gasteiger partial charge in [-0.3, -0.25) is 4.90 Å². The Labute approximate surface area is 102 Å². The van der Waals surface area contributed by atoms with E-state index in [1.807, 2.05) is 0 Å². The lowest BCUT2D eigenvalue weighted by molar-refractivity contribution is 0.297. The molecule has 16 heavy (non-hydrogen) atoms. The van der Waals surface area contributed by atoms with Crippen LogP contribution < -0.4 is 0 Å². The maximum atomic E-state index is 6.13. The summed E-state index contributed by atoms with van der Waals surface area (Å²) in [6, 6.07) is 6.49. The van der Waals surface area contributed by atoms with Crippen molar-refractivity contribution in [2.24, 2.45) is 11.8 Å². The third-order valence-corrected chi connectivity index (χ3v) is 4.10. The summed E-state index contributed by atoms with van der Waals surface area (Å²) in [5.74, 6) is 2.04. The number of benzene rings is 1. The number of hydrogen-bond donors (Lipinski definition) is 0. The van der Waals surface area contributed by atoms with Gasteiger partial charge in [-0.05, 0) is 47.9 Å². The van der Waals surface area contributed by atoms with E-state index in [0.717, 1.165) is 29.8 Å². The molecule has 1 heterocycles. The number of nitrogens with zero attached hydrogens (tertiary/aromatic N) is 1. The van der Waals surface area contributed by atoms with E-state index in [1.54, 1.807) is 0 Å². The van der Waals surface area contributed by atoms with E-state index in [9.17, 15) is 0 Å². The van der Waals surface area contributed by atoms with E-state index in [0.29, 0.717) is 0 Å². The summed E-state index contributed by atoms with van der Waals surface area (Å²) in [6.07, 6.45) is 2.55. The molecule has 0 spiro atoms. The van der Waals surface area contributed by atoms with Crippen LogP contribution in [0.25, 0.3) is 0 Å². The van der Waals surface area contributed by atoms with Crippen LogP contribution in [0.1, 0.15) is 24.5 Å². The van der Waals surface area contributed by atoms with Crippen molar-refractivity contribution in [2.75, 3.05) is 13.1 Å². The van der Waals surface area contributed by atoms with Gasteiger partial charge in [-0.25, -0.2) is 0 Å². The number of likely N-dealkylation sites (tertiary alicyclic amines) is 1. The van der Waals surface area contributed by atoms with Crippen LogP contribution in [0.5, 0.6) is 0 Å². The molecule has 0 aromatic heterocycles. The number of aryl methyl sites for hydroxylation is 1. The Morgan fingerprint density at radius 1 is 1.19 bits per heavy atom. The summed E-state index contributed by atoms with van der Waals surface area (Å²) >= 11 is 6.13. The first-order chi connectivity index (χ1) is 7.74. The van der Waals surface area contributed by atoms with Crippen LogP contribution in [-0.2, 0) is 13.0 Å². The molecule has 1 saturated heterocycles. The van der Waals surface area contributed by atoms with Gasteiger partial charge < -0.3 is 0 Å². The second kappa shape index (κ2) is 4.05. The zero-order valence-electron chi connectivity index (χ0n) is 9.75. The second-order valence-corrected chi connectivity index (χ2v) is 5.71. The van der Waals surface area contributed by atoms with Crippen molar-refractivity contribution < 1.29 is 0 Å².